The lowest BCUT2D eigenvalue weighted by Crippen LogP contribution is -2.39. The molecule has 322 valence electrons. The first-order chi connectivity index (χ1) is 31.9. The number of methoxy groups -OCH3 is 1. The van der Waals surface area contributed by atoms with Gasteiger partial charge in [0.1, 0.15) is 18.2 Å². The molecular weight excluding hydrogens is 829 g/mol. The highest BCUT2D eigenvalue weighted by Gasteiger charge is 2.41. The van der Waals surface area contributed by atoms with Crippen LogP contribution < -0.4 is 4.74 Å². The third kappa shape index (κ3) is 7.93. The molecule has 0 amide bonds. The Hall–Kier alpha value is -7.50. The second-order valence-corrected chi connectivity index (χ2v) is 17.5. The number of aromatic nitrogens is 6. The molecule has 0 unspecified atom stereocenters. The minimum absolute atomic E-state index is 0.0116. The monoisotopic (exact) mass is 874 g/mol. The van der Waals surface area contributed by atoms with Crippen LogP contribution in [-0.2, 0) is 16.9 Å². The summed E-state index contributed by atoms with van der Waals surface area (Å²) < 4.78 is 13.8. The quantitative estimate of drug-likeness (QED) is 0.0639. The van der Waals surface area contributed by atoms with Crippen LogP contribution in [0.25, 0.3) is 44.2 Å². The van der Waals surface area contributed by atoms with Crippen molar-refractivity contribution in [2.45, 2.75) is 57.2 Å². The minimum Gasteiger partial charge on any atom is -0.489 e. The molecule has 10 rings (SSSR count). The number of thiophene rings is 1. The normalized spacial score (nSPS) is 13.2. The third-order valence-corrected chi connectivity index (χ3v) is 13.6. The largest absolute Gasteiger partial charge is 0.489 e. The smallest absolute Gasteiger partial charge is 0.337 e. The summed E-state index contributed by atoms with van der Waals surface area (Å²) in [6.07, 6.45) is 5.76. The maximum absolute atomic E-state index is 12.5. The first-order valence-electron chi connectivity index (χ1n) is 22.0. The summed E-state index contributed by atoms with van der Waals surface area (Å²) in [5.41, 5.74) is 8.03. The minimum atomic E-state index is -0.884. The van der Waals surface area contributed by atoms with E-state index in [1.54, 1.807) is 23.9 Å². The van der Waals surface area contributed by atoms with Gasteiger partial charge in [-0.3, -0.25) is 4.79 Å². The molecule has 0 spiro atoms. The summed E-state index contributed by atoms with van der Waals surface area (Å²) in [7, 11) is 1.37. The van der Waals surface area contributed by atoms with Gasteiger partial charge in [0.05, 0.1) is 28.6 Å². The number of ketones is 1. The molecule has 1 aliphatic carbocycles. The van der Waals surface area contributed by atoms with Gasteiger partial charge in [0.2, 0.25) is 5.82 Å². The van der Waals surface area contributed by atoms with E-state index < -0.39 is 11.5 Å². The summed E-state index contributed by atoms with van der Waals surface area (Å²) in [6.45, 7) is 1.77. The topological polar surface area (TPSA) is 114 Å². The fraction of sp³-hybridized carbons (Fsp3) is 0.185. The number of Topliss-reactive ketones (excluding diaryl/α,β-unsaturated/α-hetero) is 1. The first kappa shape index (κ1) is 41.5. The van der Waals surface area contributed by atoms with Crippen molar-refractivity contribution in [1.29, 1.82) is 0 Å². The lowest BCUT2D eigenvalue weighted by molar-refractivity contribution is 0.0600. The van der Waals surface area contributed by atoms with Crippen LogP contribution in [0.5, 0.6) is 5.75 Å². The molecule has 1 saturated carbocycles. The van der Waals surface area contributed by atoms with Gasteiger partial charge in [-0.05, 0) is 120 Å². The van der Waals surface area contributed by atoms with Crippen molar-refractivity contribution < 1.29 is 19.1 Å². The number of fused-ring (bicyclic) bond motifs is 1. The van der Waals surface area contributed by atoms with Crippen LogP contribution in [0.3, 0.4) is 0 Å². The van der Waals surface area contributed by atoms with E-state index in [9.17, 15) is 9.59 Å². The Kier molecular flexibility index (Phi) is 11.5. The number of ether oxygens (including phenoxy) is 2. The van der Waals surface area contributed by atoms with Crippen molar-refractivity contribution in [3.05, 3.63) is 196 Å². The van der Waals surface area contributed by atoms with E-state index >= 15 is 0 Å². The zero-order valence-electron chi connectivity index (χ0n) is 36.1. The zero-order chi connectivity index (χ0) is 44.3. The van der Waals surface area contributed by atoms with Crippen molar-refractivity contribution in [2.75, 3.05) is 7.11 Å². The van der Waals surface area contributed by atoms with Crippen molar-refractivity contribution in [3.63, 3.8) is 0 Å². The number of esters is 1. The van der Waals surface area contributed by atoms with Gasteiger partial charge in [0.25, 0.3) is 0 Å². The number of tetrazole rings is 1. The summed E-state index contributed by atoms with van der Waals surface area (Å²) in [4.78, 5) is 33.3. The molecule has 11 heteroatoms. The Balaban J connectivity index is 0.989. The van der Waals surface area contributed by atoms with E-state index in [1.165, 1.54) is 37.7 Å². The van der Waals surface area contributed by atoms with Gasteiger partial charge in [-0.15, -0.1) is 26.3 Å². The van der Waals surface area contributed by atoms with E-state index in [0.717, 1.165) is 73.5 Å². The van der Waals surface area contributed by atoms with Crippen LogP contribution in [-0.4, -0.2) is 48.6 Å². The lowest BCUT2D eigenvalue weighted by atomic mass is 9.77. The zero-order valence-corrected chi connectivity index (χ0v) is 36.9. The SMILES string of the molecule is COC(=O)c1ccc(-c2ccc(C(C)=O)s2)c(COc2ccc(-c3nc4cc(-c5nnn(C(c6ccccc6)(c6ccccc6)c6ccccc6)n5)ccc4n3C3CCCCC3)cc2)c1. The number of rotatable bonds is 13. The molecule has 1 fully saturated rings. The molecule has 1 aliphatic rings. The van der Waals surface area contributed by atoms with Crippen molar-refractivity contribution in [3.8, 4) is 39.0 Å². The number of benzene rings is 6. The van der Waals surface area contributed by atoms with Gasteiger partial charge >= 0.3 is 5.97 Å². The third-order valence-electron chi connectivity index (χ3n) is 12.4. The van der Waals surface area contributed by atoms with Crippen molar-refractivity contribution in [1.82, 2.24) is 29.8 Å². The fourth-order valence-electron chi connectivity index (χ4n) is 9.24. The Labute approximate surface area is 381 Å². The van der Waals surface area contributed by atoms with Gasteiger partial charge in [-0.25, -0.2) is 9.78 Å². The summed E-state index contributed by atoms with van der Waals surface area (Å²) in [5, 5.41) is 14.7. The van der Waals surface area contributed by atoms with Crippen LogP contribution in [0.1, 0.15) is 87.4 Å². The first-order valence-corrected chi connectivity index (χ1v) is 22.8. The average Bonchev–Trinajstić information content (AvgIpc) is 4.15. The predicted octanol–water partition coefficient (Wildman–Crippen LogP) is 12.0. The van der Waals surface area contributed by atoms with Gasteiger partial charge < -0.3 is 14.0 Å². The van der Waals surface area contributed by atoms with Crippen molar-refractivity contribution in [2.24, 2.45) is 0 Å². The molecule has 0 saturated heterocycles. The second-order valence-electron chi connectivity index (χ2n) is 16.4. The molecule has 9 aromatic rings. The Morgan fingerprint density at radius 1 is 0.723 bits per heavy atom. The fourth-order valence-corrected chi connectivity index (χ4v) is 10.2. The van der Waals surface area contributed by atoms with E-state index in [0.29, 0.717) is 28.1 Å². The number of hydrogen-bond acceptors (Lipinski definition) is 9. The van der Waals surface area contributed by atoms with Crippen LogP contribution in [0.4, 0.5) is 0 Å². The van der Waals surface area contributed by atoms with Gasteiger partial charge in [0.15, 0.2) is 11.3 Å². The molecule has 3 aromatic heterocycles. The Bertz CT molecular complexity index is 3020. The molecule has 0 radical (unpaired) electrons. The van der Waals surface area contributed by atoms with Crippen LogP contribution >= 0.6 is 11.3 Å². The molecule has 65 heavy (non-hydrogen) atoms. The number of hydrogen-bond donors (Lipinski definition) is 0. The molecule has 0 aliphatic heterocycles. The van der Waals surface area contributed by atoms with Crippen molar-refractivity contribution >= 4 is 34.1 Å². The molecule has 0 bridgehead atoms. The maximum atomic E-state index is 12.5. The highest BCUT2D eigenvalue weighted by molar-refractivity contribution is 7.17. The Morgan fingerprint density at radius 2 is 1.37 bits per heavy atom. The summed E-state index contributed by atoms with van der Waals surface area (Å²) >= 11 is 1.42. The molecule has 0 N–H and O–H groups in total. The van der Waals surface area contributed by atoms with Crippen LogP contribution in [0, 0.1) is 0 Å². The van der Waals surface area contributed by atoms with E-state index in [-0.39, 0.29) is 12.4 Å². The predicted molar refractivity (Wildman–Crippen MR) is 254 cm³/mol. The van der Waals surface area contributed by atoms with E-state index in [4.69, 9.17) is 29.9 Å². The standard InChI is InChI=1S/C54H46N6O4S/c1-36(61)49-31-32-50(65-49)46-29-25-39(53(62)63-2)33-40(46)35-64-45-27-23-37(24-28-45)52-55-47-34-38(26-30-48(47)59(52)44-21-13-6-14-22-44)51-56-58-60(57-51)54(41-15-7-3-8-16-41,42-17-9-4-10-18-42)43-19-11-5-12-20-43/h3-5,7-12,15-20,23-34,44H,6,13-14,21-22,35H2,1-2H3. The number of carbonyl (C=O) groups is 2. The number of nitrogens with zero attached hydrogens (tertiary/aromatic N) is 6. The van der Waals surface area contributed by atoms with Gasteiger partial charge in [-0.2, -0.15) is 0 Å². The van der Waals surface area contributed by atoms with E-state index in [2.05, 4.69) is 71.3 Å². The van der Waals surface area contributed by atoms with Gasteiger partial charge in [-0.1, -0.05) is 116 Å². The molecule has 10 nitrogen and oxygen atoms in total. The lowest BCUT2D eigenvalue weighted by Gasteiger charge is -2.34. The highest BCUT2D eigenvalue weighted by atomic mass is 32.1. The second kappa shape index (κ2) is 17.9. The molecule has 6 aromatic carbocycles. The highest BCUT2D eigenvalue weighted by Crippen LogP contribution is 2.41. The maximum Gasteiger partial charge on any atom is 0.337 e. The molecular formula is C54H46N6O4S. The molecule has 3 heterocycles. The van der Waals surface area contributed by atoms with Gasteiger partial charge in [0, 0.05) is 22.0 Å². The number of imidazole rings is 1. The number of carbonyl (C=O) groups excluding carboxylic acids is 2. The summed E-state index contributed by atoms with van der Waals surface area (Å²) in [6, 6.07) is 54.9. The molecule has 0 atom stereocenters. The van der Waals surface area contributed by atoms with Crippen LogP contribution in [0.2, 0.25) is 0 Å². The summed E-state index contributed by atoms with van der Waals surface area (Å²) in [5.74, 6) is 1.67. The average molecular weight is 875 g/mol. The van der Waals surface area contributed by atoms with Crippen LogP contribution in [0.15, 0.2) is 164 Å². The Morgan fingerprint density at radius 3 is 1.98 bits per heavy atom. The van der Waals surface area contributed by atoms with E-state index in [1.807, 2.05) is 84.9 Å².